The Morgan fingerprint density at radius 1 is 1.44 bits per heavy atom. The lowest BCUT2D eigenvalue weighted by atomic mass is 10.5. The lowest BCUT2D eigenvalue weighted by Gasteiger charge is -2.10. The van der Waals surface area contributed by atoms with Crippen LogP contribution in [0.3, 0.4) is 0 Å². The molecule has 1 heterocycles. The molecule has 1 N–H and O–H groups in total. The molecular weight excluding hydrogens is 118 g/mol. The molecule has 0 bridgehead atoms. The summed E-state index contributed by atoms with van der Waals surface area (Å²) in [5.41, 5.74) is 0. The zero-order chi connectivity index (χ0) is 6.95. The van der Waals surface area contributed by atoms with Gasteiger partial charge in [-0.05, 0) is 6.92 Å². The van der Waals surface area contributed by atoms with Gasteiger partial charge < -0.3 is 14.8 Å². The Bertz CT molecular complexity index is 50.6. The summed E-state index contributed by atoms with van der Waals surface area (Å²) in [7, 11) is 0. The third-order valence-corrected chi connectivity index (χ3v) is 0.846. The topological polar surface area (TPSA) is 38.3 Å². The van der Waals surface area contributed by atoms with Gasteiger partial charge in [-0.2, -0.15) is 0 Å². The van der Waals surface area contributed by atoms with Crippen LogP contribution in [-0.4, -0.2) is 32.6 Å². The molecule has 0 aromatic rings. The van der Waals surface area contributed by atoms with Crippen LogP contribution < -0.4 is 5.32 Å². The van der Waals surface area contributed by atoms with Gasteiger partial charge in [-0.25, -0.2) is 0 Å². The first-order valence-electron chi connectivity index (χ1n) is 3.10. The average molecular weight is 131 g/mol. The number of carbonyl (C=O) groups is 1. The molecule has 0 radical (unpaired) electrons. The molecule has 0 aliphatic carbocycles. The molecule has 3 heteroatoms. The summed E-state index contributed by atoms with van der Waals surface area (Å²) in [5.74, 6) is 0. The summed E-state index contributed by atoms with van der Waals surface area (Å²) in [6, 6.07) is 0. The van der Waals surface area contributed by atoms with Gasteiger partial charge in [0.15, 0.2) is 0 Å². The van der Waals surface area contributed by atoms with Crippen molar-refractivity contribution in [2.75, 3.05) is 26.3 Å². The summed E-state index contributed by atoms with van der Waals surface area (Å²) in [5, 5.41) is 3.16. The Balaban J connectivity index is 0.000000187. The molecule has 0 aromatic carbocycles. The van der Waals surface area contributed by atoms with Crippen molar-refractivity contribution >= 4 is 6.29 Å². The highest BCUT2D eigenvalue weighted by Gasteiger charge is 1.92. The molecule has 0 unspecified atom stereocenters. The quantitative estimate of drug-likeness (QED) is 0.463. The minimum absolute atomic E-state index is 0.750. The van der Waals surface area contributed by atoms with E-state index in [2.05, 4.69) is 5.32 Å². The first-order chi connectivity index (χ1) is 4.41. The van der Waals surface area contributed by atoms with Crippen molar-refractivity contribution in [3.05, 3.63) is 0 Å². The van der Waals surface area contributed by atoms with Gasteiger partial charge in [0.1, 0.15) is 6.29 Å². The monoisotopic (exact) mass is 131 g/mol. The van der Waals surface area contributed by atoms with Gasteiger partial charge >= 0.3 is 0 Å². The van der Waals surface area contributed by atoms with Crippen LogP contribution >= 0.6 is 0 Å². The maximum atomic E-state index is 8.81. The highest BCUT2D eigenvalue weighted by atomic mass is 16.5. The van der Waals surface area contributed by atoms with E-state index in [9.17, 15) is 0 Å². The van der Waals surface area contributed by atoms with Gasteiger partial charge in [0, 0.05) is 13.1 Å². The van der Waals surface area contributed by atoms with Crippen molar-refractivity contribution in [3.8, 4) is 0 Å². The molecule has 0 spiro atoms. The van der Waals surface area contributed by atoms with Crippen LogP contribution in [0.15, 0.2) is 0 Å². The number of nitrogens with one attached hydrogen (secondary N) is 1. The average Bonchev–Trinajstić information content (AvgIpc) is 1.93. The fraction of sp³-hybridized carbons (Fsp3) is 0.833. The van der Waals surface area contributed by atoms with Gasteiger partial charge in [0.2, 0.25) is 0 Å². The van der Waals surface area contributed by atoms with E-state index in [-0.39, 0.29) is 0 Å². The first-order valence-corrected chi connectivity index (χ1v) is 3.10. The largest absolute Gasteiger partial charge is 0.379 e. The van der Waals surface area contributed by atoms with Crippen molar-refractivity contribution < 1.29 is 9.53 Å². The second kappa shape index (κ2) is 7.59. The van der Waals surface area contributed by atoms with Crippen LogP contribution in [0.5, 0.6) is 0 Å². The first kappa shape index (κ1) is 8.59. The van der Waals surface area contributed by atoms with Crippen molar-refractivity contribution in [2.45, 2.75) is 6.92 Å². The number of hydrogen-bond acceptors (Lipinski definition) is 3. The fourth-order valence-electron chi connectivity index (χ4n) is 0.516. The molecule has 9 heavy (non-hydrogen) atoms. The van der Waals surface area contributed by atoms with E-state index in [1.54, 1.807) is 0 Å². The van der Waals surface area contributed by atoms with Crippen LogP contribution in [0.2, 0.25) is 0 Å². The summed E-state index contributed by atoms with van der Waals surface area (Å²) in [6.45, 7) is 5.28. The zero-order valence-electron chi connectivity index (χ0n) is 5.72. The smallest absolute Gasteiger partial charge is 0.116 e. The SMILES string of the molecule is C1COCCN1.CC=O. The molecule has 0 atom stereocenters. The second-order valence-corrected chi connectivity index (χ2v) is 1.60. The molecule has 0 aromatic heterocycles. The molecule has 1 aliphatic heterocycles. The maximum Gasteiger partial charge on any atom is 0.116 e. The molecule has 1 rings (SSSR count). The predicted octanol–water partition coefficient (Wildman–Crippen LogP) is -0.189. The van der Waals surface area contributed by atoms with E-state index in [1.807, 2.05) is 0 Å². The number of carbonyl (C=O) groups excluding carboxylic acids is 1. The predicted molar refractivity (Wildman–Crippen MR) is 35.4 cm³/mol. The molecule has 1 aliphatic rings. The van der Waals surface area contributed by atoms with Gasteiger partial charge in [0.25, 0.3) is 0 Å². The third-order valence-electron chi connectivity index (χ3n) is 0.846. The Labute approximate surface area is 55.4 Å². The van der Waals surface area contributed by atoms with Crippen LogP contribution in [-0.2, 0) is 9.53 Å². The lowest BCUT2D eigenvalue weighted by molar-refractivity contribution is -0.106. The number of aldehydes is 1. The van der Waals surface area contributed by atoms with E-state index in [1.165, 1.54) is 6.92 Å². The number of hydrogen-bond donors (Lipinski definition) is 1. The molecule has 1 saturated heterocycles. The third kappa shape index (κ3) is 7.59. The fourth-order valence-corrected chi connectivity index (χ4v) is 0.516. The zero-order valence-corrected chi connectivity index (χ0v) is 5.72. The van der Waals surface area contributed by atoms with E-state index >= 15 is 0 Å². The highest BCUT2D eigenvalue weighted by molar-refractivity contribution is 5.44. The van der Waals surface area contributed by atoms with Crippen molar-refractivity contribution in [2.24, 2.45) is 0 Å². The Hall–Kier alpha value is -0.410. The van der Waals surface area contributed by atoms with Crippen LogP contribution in [0.4, 0.5) is 0 Å². The van der Waals surface area contributed by atoms with Gasteiger partial charge in [0.05, 0.1) is 13.2 Å². The van der Waals surface area contributed by atoms with E-state index in [4.69, 9.17) is 9.53 Å². The van der Waals surface area contributed by atoms with Crippen molar-refractivity contribution in [3.63, 3.8) is 0 Å². The molecule has 1 fully saturated rings. The molecule has 0 saturated carbocycles. The Morgan fingerprint density at radius 3 is 2.00 bits per heavy atom. The lowest BCUT2D eigenvalue weighted by Crippen LogP contribution is -2.30. The maximum absolute atomic E-state index is 8.81. The molecule has 54 valence electrons. The minimum Gasteiger partial charge on any atom is -0.379 e. The standard InChI is InChI=1S/C4H9NO.C2H4O/c1-3-6-4-2-5-1;1-2-3/h5H,1-4H2;2H,1H3. The minimum atomic E-state index is 0.750. The summed E-state index contributed by atoms with van der Waals surface area (Å²) >= 11 is 0. The van der Waals surface area contributed by atoms with Crippen LogP contribution in [0.25, 0.3) is 0 Å². The van der Waals surface area contributed by atoms with Crippen LogP contribution in [0.1, 0.15) is 6.92 Å². The molecule has 3 nitrogen and oxygen atoms in total. The highest BCUT2D eigenvalue weighted by Crippen LogP contribution is 1.76. The van der Waals surface area contributed by atoms with Crippen molar-refractivity contribution in [1.29, 1.82) is 0 Å². The van der Waals surface area contributed by atoms with Gasteiger partial charge in [-0.1, -0.05) is 0 Å². The van der Waals surface area contributed by atoms with Gasteiger partial charge in [-0.3, -0.25) is 0 Å². The molecular formula is C6H13NO2. The summed E-state index contributed by atoms with van der Waals surface area (Å²) in [4.78, 5) is 8.81. The normalized spacial score (nSPS) is 17.4. The number of ether oxygens (including phenoxy) is 1. The molecule has 0 amide bonds. The Kier molecular flexibility index (Phi) is 7.24. The van der Waals surface area contributed by atoms with E-state index in [0.29, 0.717) is 0 Å². The Morgan fingerprint density at radius 2 is 1.89 bits per heavy atom. The number of rotatable bonds is 0. The van der Waals surface area contributed by atoms with Gasteiger partial charge in [-0.15, -0.1) is 0 Å². The summed E-state index contributed by atoms with van der Waals surface area (Å²) in [6.07, 6.45) is 0.750. The summed E-state index contributed by atoms with van der Waals surface area (Å²) < 4.78 is 5.01. The van der Waals surface area contributed by atoms with Crippen LogP contribution in [0, 0.1) is 0 Å². The second-order valence-electron chi connectivity index (χ2n) is 1.60. The van der Waals surface area contributed by atoms with Crippen molar-refractivity contribution in [1.82, 2.24) is 5.32 Å². The van der Waals surface area contributed by atoms with E-state index < -0.39 is 0 Å². The van der Waals surface area contributed by atoms with E-state index in [0.717, 1.165) is 32.6 Å². The number of morpholine rings is 1.